The summed E-state index contributed by atoms with van der Waals surface area (Å²) in [6.07, 6.45) is -3.35. The van der Waals surface area contributed by atoms with E-state index in [4.69, 9.17) is 9.15 Å². The number of carbonyl (C=O) groups is 1. The molecule has 1 aromatic heterocycles. The van der Waals surface area contributed by atoms with Gasteiger partial charge in [0.25, 0.3) is 5.91 Å². The standard InChI is InChI=1S/C13H10F3NO3/c1-19-8-4-5-10(9(7-8)13(14,15)16)17-12(18)11-3-2-6-20-11/h2-7H,1H3,(H,17,18). The van der Waals surface area contributed by atoms with Gasteiger partial charge in [0.05, 0.1) is 24.6 Å². The van der Waals surface area contributed by atoms with E-state index in [0.29, 0.717) is 0 Å². The van der Waals surface area contributed by atoms with Crippen molar-refractivity contribution in [1.82, 2.24) is 0 Å². The SMILES string of the molecule is COc1ccc(NC(=O)c2ccco2)c(C(F)(F)F)c1. The smallest absolute Gasteiger partial charge is 0.418 e. The summed E-state index contributed by atoms with van der Waals surface area (Å²) in [5, 5.41) is 2.16. The normalized spacial score (nSPS) is 11.2. The monoisotopic (exact) mass is 285 g/mol. The van der Waals surface area contributed by atoms with Crippen LogP contribution in [-0.2, 0) is 6.18 Å². The number of carbonyl (C=O) groups excluding carboxylic acids is 1. The van der Waals surface area contributed by atoms with Gasteiger partial charge in [-0.15, -0.1) is 0 Å². The summed E-state index contributed by atoms with van der Waals surface area (Å²) in [6, 6.07) is 6.09. The maximum absolute atomic E-state index is 12.9. The van der Waals surface area contributed by atoms with Crippen LogP contribution in [0.15, 0.2) is 41.0 Å². The number of furan rings is 1. The lowest BCUT2D eigenvalue weighted by atomic mass is 10.1. The number of halogens is 3. The number of alkyl halides is 3. The minimum Gasteiger partial charge on any atom is -0.497 e. The van der Waals surface area contributed by atoms with Crippen LogP contribution in [0, 0.1) is 0 Å². The molecule has 0 spiro atoms. The fraction of sp³-hybridized carbons (Fsp3) is 0.154. The molecule has 0 aliphatic carbocycles. The van der Waals surface area contributed by atoms with Crippen molar-refractivity contribution in [2.24, 2.45) is 0 Å². The van der Waals surface area contributed by atoms with Gasteiger partial charge in [-0.2, -0.15) is 13.2 Å². The van der Waals surface area contributed by atoms with Crippen LogP contribution in [-0.4, -0.2) is 13.0 Å². The maximum atomic E-state index is 12.9. The lowest BCUT2D eigenvalue weighted by molar-refractivity contribution is -0.137. The highest BCUT2D eigenvalue weighted by atomic mass is 19.4. The first-order valence-corrected chi connectivity index (χ1v) is 5.52. The van der Waals surface area contributed by atoms with E-state index in [9.17, 15) is 18.0 Å². The average molecular weight is 285 g/mol. The molecule has 0 bridgehead atoms. The number of amides is 1. The van der Waals surface area contributed by atoms with Gasteiger partial charge >= 0.3 is 6.18 Å². The van der Waals surface area contributed by atoms with Gasteiger partial charge in [0, 0.05) is 0 Å². The van der Waals surface area contributed by atoms with Gasteiger partial charge in [0.15, 0.2) is 5.76 Å². The summed E-state index contributed by atoms with van der Waals surface area (Å²) < 4.78 is 48.4. The van der Waals surface area contributed by atoms with E-state index >= 15 is 0 Å². The molecule has 0 radical (unpaired) electrons. The Morgan fingerprint density at radius 1 is 1.30 bits per heavy atom. The third kappa shape index (κ3) is 2.93. The molecule has 1 heterocycles. The van der Waals surface area contributed by atoms with Crippen molar-refractivity contribution in [2.45, 2.75) is 6.18 Å². The molecule has 4 nitrogen and oxygen atoms in total. The van der Waals surface area contributed by atoms with E-state index in [1.54, 1.807) is 0 Å². The van der Waals surface area contributed by atoms with Gasteiger partial charge in [-0.05, 0) is 30.3 Å². The van der Waals surface area contributed by atoms with Crippen molar-refractivity contribution >= 4 is 11.6 Å². The number of methoxy groups -OCH3 is 1. The molecule has 0 unspecified atom stereocenters. The molecule has 2 rings (SSSR count). The zero-order valence-corrected chi connectivity index (χ0v) is 10.3. The molecule has 2 aromatic rings. The van der Waals surface area contributed by atoms with Crippen LogP contribution in [0.4, 0.5) is 18.9 Å². The number of ether oxygens (including phenoxy) is 1. The van der Waals surface area contributed by atoms with E-state index < -0.39 is 17.6 Å². The van der Waals surface area contributed by atoms with E-state index in [2.05, 4.69) is 5.32 Å². The van der Waals surface area contributed by atoms with Gasteiger partial charge < -0.3 is 14.5 Å². The van der Waals surface area contributed by atoms with Crippen LogP contribution < -0.4 is 10.1 Å². The molecule has 1 N–H and O–H groups in total. The fourth-order valence-electron chi connectivity index (χ4n) is 1.59. The van der Waals surface area contributed by atoms with E-state index in [1.807, 2.05) is 0 Å². The van der Waals surface area contributed by atoms with Gasteiger partial charge in [0.1, 0.15) is 5.75 Å². The third-order valence-electron chi connectivity index (χ3n) is 2.53. The van der Waals surface area contributed by atoms with Crippen molar-refractivity contribution in [3.63, 3.8) is 0 Å². The van der Waals surface area contributed by atoms with Gasteiger partial charge in [-0.3, -0.25) is 4.79 Å². The Bertz CT molecular complexity index is 606. The van der Waals surface area contributed by atoms with Crippen LogP contribution in [0.5, 0.6) is 5.75 Å². The van der Waals surface area contributed by atoms with Crippen LogP contribution in [0.2, 0.25) is 0 Å². The molecule has 0 atom stereocenters. The highest BCUT2D eigenvalue weighted by Crippen LogP contribution is 2.37. The Morgan fingerprint density at radius 2 is 2.05 bits per heavy atom. The zero-order chi connectivity index (χ0) is 14.8. The first kappa shape index (κ1) is 14.0. The summed E-state index contributed by atoms with van der Waals surface area (Å²) in [5.74, 6) is -0.784. The highest BCUT2D eigenvalue weighted by Gasteiger charge is 2.34. The average Bonchev–Trinajstić information content (AvgIpc) is 2.91. The predicted molar refractivity (Wildman–Crippen MR) is 64.7 cm³/mol. The quantitative estimate of drug-likeness (QED) is 0.938. The first-order chi connectivity index (χ1) is 9.41. The number of anilines is 1. The van der Waals surface area contributed by atoms with Crippen molar-refractivity contribution < 1.29 is 27.1 Å². The van der Waals surface area contributed by atoms with Crippen molar-refractivity contribution in [3.05, 3.63) is 47.9 Å². The van der Waals surface area contributed by atoms with Gasteiger partial charge in [0.2, 0.25) is 0 Å². The second-order valence-electron chi connectivity index (χ2n) is 3.84. The fourth-order valence-corrected chi connectivity index (χ4v) is 1.59. The second-order valence-corrected chi connectivity index (χ2v) is 3.84. The molecular formula is C13H10F3NO3. The lowest BCUT2D eigenvalue weighted by Crippen LogP contribution is -2.16. The maximum Gasteiger partial charge on any atom is 0.418 e. The minimum atomic E-state index is -4.61. The largest absolute Gasteiger partial charge is 0.497 e. The molecular weight excluding hydrogens is 275 g/mol. The van der Waals surface area contributed by atoms with Gasteiger partial charge in [-0.25, -0.2) is 0 Å². The number of rotatable bonds is 3. The molecule has 0 saturated carbocycles. The number of hydrogen-bond donors (Lipinski definition) is 1. The van der Waals surface area contributed by atoms with Crippen molar-refractivity contribution in [1.29, 1.82) is 0 Å². The Morgan fingerprint density at radius 3 is 2.60 bits per heavy atom. The van der Waals surface area contributed by atoms with E-state index in [0.717, 1.165) is 12.1 Å². The number of nitrogens with one attached hydrogen (secondary N) is 1. The van der Waals surface area contributed by atoms with Crippen molar-refractivity contribution in [2.75, 3.05) is 12.4 Å². The van der Waals surface area contributed by atoms with E-state index in [1.165, 1.54) is 31.6 Å². The molecule has 0 aliphatic heterocycles. The summed E-state index contributed by atoms with van der Waals surface area (Å²) in [7, 11) is 1.26. The Labute approximate surface area is 112 Å². The Kier molecular flexibility index (Phi) is 3.69. The topological polar surface area (TPSA) is 51.5 Å². The zero-order valence-electron chi connectivity index (χ0n) is 10.3. The molecule has 0 aliphatic rings. The van der Waals surface area contributed by atoms with Crippen LogP contribution >= 0.6 is 0 Å². The highest BCUT2D eigenvalue weighted by molar-refractivity contribution is 6.02. The minimum absolute atomic E-state index is 0.0494. The summed E-state index contributed by atoms with van der Waals surface area (Å²) >= 11 is 0. The van der Waals surface area contributed by atoms with Crippen LogP contribution in [0.3, 0.4) is 0 Å². The molecule has 7 heteroatoms. The summed E-state index contributed by atoms with van der Waals surface area (Å²) in [6.45, 7) is 0. The second kappa shape index (κ2) is 5.28. The summed E-state index contributed by atoms with van der Waals surface area (Å²) in [5.41, 5.74) is -1.35. The van der Waals surface area contributed by atoms with Gasteiger partial charge in [-0.1, -0.05) is 0 Å². The first-order valence-electron chi connectivity index (χ1n) is 5.52. The molecule has 0 saturated heterocycles. The van der Waals surface area contributed by atoms with E-state index in [-0.39, 0.29) is 17.2 Å². The van der Waals surface area contributed by atoms with Crippen molar-refractivity contribution in [3.8, 4) is 5.75 Å². The lowest BCUT2D eigenvalue weighted by Gasteiger charge is -2.14. The Balaban J connectivity index is 2.34. The van der Waals surface area contributed by atoms with Crippen LogP contribution in [0.1, 0.15) is 16.1 Å². The third-order valence-corrected chi connectivity index (χ3v) is 2.53. The molecule has 20 heavy (non-hydrogen) atoms. The number of hydrogen-bond acceptors (Lipinski definition) is 3. The molecule has 0 fully saturated rings. The number of benzene rings is 1. The molecule has 1 amide bonds. The summed E-state index contributed by atoms with van der Waals surface area (Å²) in [4.78, 5) is 11.7. The van der Waals surface area contributed by atoms with Crippen LogP contribution in [0.25, 0.3) is 0 Å². The predicted octanol–water partition coefficient (Wildman–Crippen LogP) is 3.56. The molecule has 106 valence electrons. The Hall–Kier alpha value is -2.44. The molecule has 1 aromatic carbocycles.